The number of nitrogens with one attached hydrogen (secondary N) is 4. The number of hydrogen-bond donors (Lipinski definition) is 7. The van der Waals surface area contributed by atoms with Crippen LogP contribution >= 0.6 is 0 Å². The lowest BCUT2D eigenvalue weighted by Gasteiger charge is -2.64. The molecule has 7 N–H and O–H groups in total. The molecule has 0 aromatic rings. The molecule has 0 heterocycles. The van der Waals surface area contributed by atoms with Crippen molar-refractivity contribution in [3.63, 3.8) is 0 Å². The van der Waals surface area contributed by atoms with E-state index in [1.165, 1.54) is 128 Å². The van der Waals surface area contributed by atoms with E-state index >= 15 is 0 Å². The SMILES string of the molecule is C.C.CC(C)(C)OC(=O)OC(=O)OC(C)(C)C.CCC(=O)O.CNC1CCC23CC24CCC2(C)C([C@H](C)NC)[C@H](O)C[C@@]2(C)C4CCC3C1(C)C.CNC1CCC23CC24CCC2(C)C([C@H](C)NC)[C@H](OC)C[C@@]2(C)C4CCC3C1(C)C.C[C@@H](C1[C@H](O)C[C@@]2(C)C3CCC4C(C)(C)C(N(C)C(=O)OC(C)(C)C)CCC45CC35CCC12C)N(C)C(=O)OC(C)(C)C.[2HH]. The van der Waals surface area contributed by atoms with Gasteiger partial charge in [-0.3, -0.25) is 4.79 Å². The van der Waals surface area contributed by atoms with Gasteiger partial charge in [-0.25, -0.2) is 19.2 Å². The first-order chi connectivity index (χ1) is 55.9. The number of rotatable bonds is 11. The third-order valence-corrected chi connectivity index (χ3v) is 40.7. The summed E-state index contributed by atoms with van der Waals surface area (Å²) in [6, 6.07) is 2.32. The van der Waals surface area contributed by atoms with Crippen LogP contribution in [0.5, 0.6) is 0 Å². The predicted octanol–water partition coefficient (Wildman–Crippen LogP) is 22.6. The summed E-state index contributed by atoms with van der Waals surface area (Å²) in [6.07, 6.45) is 28.6. The number of aliphatic hydroxyl groups excluding tert-OH is 2. The lowest BCUT2D eigenvalue weighted by Crippen LogP contribution is -2.61. The van der Waals surface area contributed by atoms with E-state index in [1.54, 1.807) is 53.4 Å². The maximum atomic E-state index is 13.1. The first-order valence-corrected chi connectivity index (χ1v) is 48.7. The normalized spacial score (nSPS) is 44.4. The smallest absolute Gasteiger partial charge is 0.481 e. The number of hydrogen-bond acceptors (Lipinski definition) is 17. The summed E-state index contributed by atoms with van der Waals surface area (Å²) >= 11 is 0. The minimum absolute atomic E-state index is 0. The summed E-state index contributed by atoms with van der Waals surface area (Å²) in [5, 5.41) is 45.3. The van der Waals surface area contributed by atoms with E-state index in [-0.39, 0.29) is 80.7 Å². The molecule has 0 aliphatic heterocycles. The van der Waals surface area contributed by atoms with Gasteiger partial charge in [0.05, 0.1) is 18.3 Å². The van der Waals surface area contributed by atoms with E-state index in [2.05, 4.69) is 158 Å². The molecule has 20 nitrogen and oxygen atoms in total. The molecule has 720 valence electrons. The van der Waals surface area contributed by atoms with E-state index in [1.807, 2.05) is 67.6 Å². The predicted molar refractivity (Wildman–Crippen MR) is 501 cm³/mol. The maximum Gasteiger partial charge on any atom is 0.519 e. The molecule has 0 radical (unpaired) electrons. The summed E-state index contributed by atoms with van der Waals surface area (Å²) in [4.78, 5) is 61.3. The highest BCUT2D eigenvalue weighted by atomic mass is 16.8. The Kier molecular flexibility index (Phi) is 29.0. The number of ether oxygens (including phenoxy) is 6. The van der Waals surface area contributed by atoms with Crippen LogP contribution in [0.2, 0.25) is 0 Å². The molecule has 124 heavy (non-hydrogen) atoms. The zero-order valence-electron chi connectivity index (χ0n) is 83.8. The first kappa shape index (κ1) is 104. The number of carbonyl (C=O) groups excluding carboxylic acids is 4. The molecule has 15 aliphatic carbocycles. The average molecular weight is 1750 g/mol. The molecule has 0 saturated heterocycles. The van der Waals surface area contributed by atoms with Crippen molar-refractivity contribution in [2.75, 3.05) is 49.4 Å². The second-order valence-corrected chi connectivity index (χ2v) is 50.8. The topological polar surface area (TPSA) is 256 Å². The second kappa shape index (κ2) is 34.5. The Balaban J connectivity index is 0.000000211. The highest BCUT2D eigenvalue weighted by molar-refractivity contribution is 5.77. The van der Waals surface area contributed by atoms with Gasteiger partial charge in [0.25, 0.3) is 0 Å². The molecule has 6 spiro atoms. The maximum absolute atomic E-state index is 13.1. The zero-order valence-corrected chi connectivity index (χ0v) is 83.8. The standard InChI is InChI=1S/C36H62N2O5.C27H48N2O.C26H46N2O.C10H18O5.C3H6O2.2CH4.H2/c1-22(37(12)28(40)42-30(2,3)4)27-23(39)20-34(11)25-15-14-24-32(8,9)26(38(13)29(41)43-31(5,6)7)16-17-35(24)21-36(25,35)19-18-33(27,34)10;1-17(28-6)22-18(30-8)15-25(5)20-10-9-19-23(2,3)21(29-7)11-12-26(19)16-27(20,26)14-13-24(22,25)4;1-16(27-6)21-17(29)14-24(5)19-9-8-18-22(2,3)20(28-7)10-11-25(18)15-26(19,25)13-12-23(21,24)4;1-9(2,3)14-7(11)13-8(12)15-10(4,5)6;1-2-3(4)5;;;/h22-27,39H,14-21H2,1-13H3;17-22,28-29H,9-16H2,1-8H3;16-21,27-29H,8-15H2,1-7H3;1-6H3;2H2,1H3,(H,4,5);2*1H4;1H/t22-,23+,24?,25?,26?,27?,33?,34-,35?,36?;17-,18+,19?,20?,21?,22?,24?,25-,26?,27?;16-,17+,18?,19?,20?,21?,23?,24-,25?,26?;;;;;/m000...../s1/i;;;;;;;1+1. The lowest BCUT2D eigenvalue weighted by atomic mass is 9.41. The average Bonchev–Trinajstić information content (AvgIpc) is 1.47. The van der Waals surface area contributed by atoms with Crippen LogP contribution in [0, 0.1) is 134 Å². The Bertz CT molecular complexity index is 3790. The molecule has 0 aromatic heterocycles. The minimum Gasteiger partial charge on any atom is -0.481 e. The molecule has 15 aliphatic rings. The number of aliphatic hydroxyl groups is 2. The molecule has 0 aromatic carbocycles. The first-order valence-electron chi connectivity index (χ1n) is 48.7. The quantitative estimate of drug-likeness (QED) is 0.0576. The van der Waals surface area contributed by atoms with Gasteiger partial charge in [0.15, 0.2) is 0 Å². The second-order valence-electron chi connectivity index (χ2n) is 50.8. The number of methoxy groups -OCH3 is 1. The van der Waals surface area contributed by atoms with Crippen molar-refractivity contribution < 1.29 is 69.1 Å². The monoisotopic (exact) mass is 1750 g/mol. The van der Waals surface area contributed by atoms with Gasteiger partial charge in [-0.15, -0.1) is 0 Å². The van der Waals surface area contributed by atoms with Gasteiger partial charge < -0.3 is 74.8 Å². The fourth-order valence-electron chi connectivity index (χ4n) is 35.1. The summed E-state index contributed by atoms with van der Waals surface area (Å²) in [5.41, 5.74) is 2.83. The van der Waals surface area contributed by atoms with Crippen molar-refractivity contribution in [1.82, 2.24) is 31.1 Å². The Morgan fingerprint density at radius 2 is 0.726 bits per heavy atom. The molecule has 30 atom stereocenters. The number of aliphatic carboxylic acids is 1. The molecule has 15 saturated carbocycles. The largest absolute Gasteiger partial charge is 0.519 e. The minimum atomic E-state index is -1.06. The zero-order chi connectivity index (χ0) is 91.7. The molecular weight excluding hydrogens is 1560 g/mol. The van der Waals surface area contributed by atoms with Gasteiger partial charge in [-0.1, -0.05) is 105 Å². The van der Waals surface area contributed by atoms with Crippen LogP contribution < -0.4 is 21.3 Å². The van der Waals surface area contributed by atoms with E-state index in [4.69, 9.17) is 28.8 Å². The van der Waals surface area contributed by atoms with Crippen molar-refractivity contribution in [3.8, 4) is 0 Å². The van der Waals surface area contributed by atoms with Crippen LogP contribution in [0.15, 0.2) is 0 Å². The van der Waals surface area contributed by atoms with Crippen LogP contribution in [0.1, 0.15) is 371 Å². The summed E-state index contributed by atoms with van der Waals surface area (Å²) < 4.78 is 31.5. The van der Waals surface area contributed by atoms with E-state index in [0.717, 1.165) is 49.4 Å². The van der Waals surface area contributed by atoms with Gasteiger partial charge in [0.1, 0.15) is 22.4 Å². The molecule has 21 unspecified atom stereocenters. The number of carboxylic acids is 1. The number of carbonyl (C=O) groups is 5. The lowest BCUT2D eigenvalue weighted by molar-refractivity contribution is -0.153. The fourth-order valence-corrected chi connectivity index (χ4v) is 35.1. The summed E-state index contributed by atoms with van der Waals surface area (Å²) in [6.45, 7) is 60.5. The molecule has 15 rings (SSSR count). The highest BCUT2D eigenvalue weighted by Crippen LogP contribution is 2.93. The van der Waals surface area contributed by atoms with Crippen LogP contribution in [-0.2, 0) is 33.2 Å². The van der Waals surface area contributed by atoms with Gasteiger partial charge in [0.2, 0.25) is 0 Å². The van der Waals surface area contributed by atoms with Gasteiger partial charge in [-0.2, -0.15) is 0 Å². The Morgan fingerprint density at radius 3 is 1.07 bits per heavy atom. The highest BCUT2D eigenvalue weighted by Gasteiger charge is 2.87. The number of fused-ring (bicyclic) bond motifs is 6. The molecule has 20 heteroatoms. The summed E-state index contributed by atoms with van der Waals surface area (Å²) in [7, 11) is 14.3. The molecule has 0 bridgehead atoms. The third-order valence-electron chi connectivity index (χ3n) is 40.7. The summed E-state index contributed by atoms with van der Waals surface area (Å²) in [5.74, 6) is 4.92. The van der Waals surface area contributed by atoms with Crippen molar-refractivity contribution in [2.45, 2.75) is 446 Å². The van der Waals surface area contributed by atoms with Crippen molar-refractivity contribution in [3.05, 3.63) is 0 Å². The van der Waals surface area contributed by atoms with Crippen LogP contribution in [0.25, 0.3) is 0 Å². The van der Waals surface area contributed by atoms with Gasteiger partial charge in [-0.05, 0) is 403 Å². The fraction of sp³-hybridized carbons (Fsp3) is 0.952. The van der Waals surface area contributed by atoms with Crippen molar-refractivity contribution >= 4 is 30.5 Å². The van der Waals surface area contributed by atoms with Gasteiger partial charge >= 0.3 is 30.5 Å². The molecular formula is C104H190N6O14. The van der Waals surface area contributed by atoms with E-state index < -0.39 is 46.8 Å². The van der Waals surface area contributed by atoms with Crippen LogP contribution in [0.4, 0.5) is 19.2 Å². The van der Waals surface area contributed by atoms with Crippen molar-refractivity contribution in [1.29, 1.82) is 0 Å². The number of nitrogens with zero attached hydrogens (tertiary/aromatic N) is 2. The number of carboxylic acid groups (broad SMARTS) is 1. The Labute approximate surface area is 756 Å². The van der Waals surface area contributed by atoms with Gasteiger partial charge in [0, 0.05) is 83.1 Å². The van der Waals surface area contributed by atoms with E-state index in [9.17, 15) is 34.2 Å². The Hall–Kier alpha value is -3.53. The van der Waals surface area contributed by atoms with E-state index in [0.29, 0.717) is 114 Å². The molecule has 15 fully saturated rings. The van der Waals surface area contributed by atoms with Crippen molar-refractivity contribution in [2.24, 2.45) is 134 Å². The third kappa shape index (κ3) is 16.4. The van der Waals surface area contributed by atoms with Crippen LogP contribution in [0.3, 0.4) is 0 Å². The molecule has 2 amide bonds. The Morgan fingerprint density at radius 1 is 0.419 bits per heavy atom. The van der Waals surface area contributed by atoms with Crippen LogP contribution in [-0.4, -0.2) is 182 Å². The number of amides is 2.